The quantitative estimate of drug-likeness (QED) is 0.234. The van der Waals surface area contributed by atoms with Gasteiger partial charge in [-0.1, -0.05) is 6.07 Å². The Hall–Kier alpha value is -4.35. The van der Waals surface area contributed by atoms with E-state index in [2.05, 4.69) is 20.3 Å². The van der Waals surface area contributed by atoms with Gasteiger partial charge in [0.05, 0.1) is 16.9 Å². The van der Waals surface area contributed by atoms with Crippen molar-refractivity contribution in [3.8, 4) is 22.5 Å². The number of nitrogen functional groups attached to an aromatic ring is 1. The third kappa shape index (κ3) is 3.86. The molecule has 0 aliphatic heterocycles. The lowest BCUT2D eigenvalue weighted by atomic mass is 9.85. The lowest BCUT2D eigenvalue weighted by molar-refractivity contribution is -0.0898. The van der Waals surface area contributed by atoms with E-state index in [4.69, 9.17) is 13.6 Å². The summed E-state index contributed by atoms with van der Waals surface area (Å²) >= 11 is 0. The van der Waals surface area contributed by atoms with Crippen molar-refractivity contribution in [2.75, 3.05) is 12.8 Å². The van der Waals surface area contributed by atoms with Gasteiger partial charge >= 0.3 is 0 Å². The Morgan fingerprint density at radius 2 is 1.83 bits per heavy atom. The summed E-state index contributed by atoms with van der Waals surface area (Å²) in [5, 5.41) is 23.1. The minimum Gasteiger partial charge on any atom is -0.381 e. The normalized spacial score (nSPS) is 11.8. The number of aliphatic hydroxyl groups is 2. The lowest BCUT2D eigenvalue weighted by Crippen LogP contribution is -2.25. The molecule has 5 rings (SSSR count). The van der Waals surface area contributed by atoms with Crippen LogP contribution < -0.4 is 11.1 Å². The number of aromatic nitrogens is 4. The molecule has 0 spiro atoms. The fourth-order valence-electron chi connectivity index (χ4n) is 4.01. The number of carbonyl (C=O) groups is 1. The van der Waals surface area contributed by atoms with E-state index in [0.29, 0.717) is 33.4 Å². The maximum atomic E-state index is 13.6. The second-order valence-corrected chi connectivity index (χ2v) is 7.92. The average molecular weight is 468 g/mol. The average Bonchev–Trinajstić information content (AvgIpc) is 3.28. The number of halogens is 1. The van der Waals surface area contributed by atoms with Crippen LogP contribution in [0.2, 0.25) is 0 Å². The Morgan fingerprint density at radius 1 is 1.11 bits per heavy atom. The highest BCUT2D eigenvalue weighted by Crippen LogP contribution is 2.36. The van der Waals surface area contributed by atoms with Crippen LogP contribution in [0.3, 0.4) is 0 Å². The summed E-state index contributed by atoms with van der Waals surface area (Å²) in [5.74, 6) is -0.764. The standard InChI is InChI=1S/C24H18BFN6O3/c1-28-23(33)18-11-32-20(13-4-7-17-15(10-13)16(8-9-29-17)24(25,34)35)19(31-21(27)22(32)30-18)12-2-5-14(26)6-3-12/h2-11,34-35H,1H3,(H2,27,31)(H,28,33). The number of hydrogen-bond donors (Lipinski definition) is 4. The molecule has 172 valence electrons. The molecule has 5 aromatic rings. The number of nitrogens with zero attached hydrogens (tertiary/aromatic N) is 4. The molecule has 0 aliphatic carbocycles. The smallest absolute Gasteiger partial charge is 0.271 e. The molecule has 0 saturated heterocycles. The van der Waals surface area contributed by atoms with Gasteiger partial charge in [0.1, 0.15) is 17.2 Å². The molecule has 35 heavy (non-hydrogen) atoms. The van der Waals surface area contributed by atoms with E-state index in [9.17, 15) is 19.4 Å². The van der Waals surface area contributed by atoms with Gasteiger partial charge in [-0.3, -0.25) is 14.2 Å². The van der Waals surface area contributed by atoms with Crippen molar-refractivity contribution >= 4 is 36.1 Å². The molecule has 0 fully saturated rings. The van der Waals surface area contributed by atoms with Crippen LogP contribution in [0, 0.1) is 5.82 Å². The van der Waals surface area contributed by atoms with Gasteiger partial charge in [-0.05, 0) is 42.5 Å². The summed E-state index contributed by atoms with van der Waals surface area (Å²) in [6, 6.07) is 12.2. The third-order valence-electron chi connectivity index (χ3n) is 5.62. The summed E-state index contributed by atoms with van der Waals surface area (Å²) in [6.45, 7) is 0. The lowest BCUT2D eigenvalue weighted by Gasteiger charge is -2.20. The number of nitrogens with one attached hydrogen (secondary N) is 1. The van der Waals surface area contributed by atoms with Crippen LogP contribution in [0.5, 0.6) is 0 Å². The van der Waals surface area contributed by atoms with E-state index in [-0.39, 0.29) is 22.7 Å². The van der Waals surface area contributed by atoms with E-state index in [1.807, 2.05) is 0 Å². The number of rotatable bonds is 4. The zero-order valence-corrected chi connectivity index (χ0v) is 18.4. The van der Waals surface area contributed by atoms with Gasteiger partial charge in [-0.15, -0.1) is 0 Å². The van der Waals surface area contributed by atoms with Gasteiger partial charge in [0.2, 0.25) is 0 Å². The molecule has 1 amide bonds. The van der Waals surface area contributed by atoms with Crippen molar-refractivity contribution in [1.82, 2.24) is 24.7 Å². The summed E-state index contributed by atoms with van der Waals surface area (Å²) in [6.07, 6.45) is 2.94. The molecule has 2 aromatic carbocycles. The zero-order valence-electron chi connectivity index (χ0n) is 18.4. The highest BCUT2D eigenvalue weighted by molar-refractivity contribution is 6.14. The zero-order chi connectivity index (χ0) is 24.9. The summed E-state index contributed by atoms with van der Waals surface area (Å²) < 4.78 is 15.3. The van der Waals surface area contributed by atoms with E-state index in [0.717, 1.165) is 0 Å². The second-order valence-electron chi connectivity index (χ2n) is 7.92. The minimum atomic E-state index is -2.60. The SMILES string of the molecule is [B]C(O)(O)c1ccnc2ccc(-c3c(-c4ccc(F)cc4)nc(N)c4nc(C(=O)NC)cn34)cc12. The van der Waals surface area contributed by atoms with Crippen LogP contribution in [-0.2, 0) is 5.69 Å². The number of pyridine rings is 1. The molecular formula is C24H18BFN6O3. The van der Waals surface area contributed by atoms with Crippen molar-refractivity contribution in [2.24, 2.45) is 0 Å². The Bertz CT molecular complexity index is 1610. The molecule has 0 atom stereocenters. The van der Waals surface area contributed by atoms with Crippen LogP contribution in [0.15, 0.2) is 60.9 Å². The maximum Gasteiger partial charge on any atom is 0.271 e. The van der Waals surface area contributed by atoms with Gasteiger partial charge < -0.3 is 21.3 Å². The first-order chi connectivity index (χ1) is 16.7. The number of benzene rings is 2. The molecule has 0 saturated carbocycles. The highest BCUT2D eigenvalue weighted by atomic mass is 19.1. The fraction of sp³-hybridized carbons (Fsp3) is 0.0833. The number of anilines is 1. The van der Waals surface area contributed by atoms with Crippen molar-refractivity contribution in [2.45, 2.75) is 5.69 Å². The molecule has 2 radical (unpaired) electrons. The molecule has 3 heterocycles. The maximum absolute atomic E-state index is 13.6. The van der Waals surface area contributed by atoms with Gasteiger partial charge in [-0.2, -0.15) is 0 Å². The topological polar surface area (TPSA) is 139 Å². The summed E-state index contributed by atoms with van der Waals surface area (Å²) in [5.41, 5.74) is 6.50. The largest absolute Gasteiger partial charge is 0.381 e. The molecule has 3 aromatic heterocycles. The predicted molar refractivity (Wildman–Crippen MR) is 129 cm³/mol. The summed E-state index contributed by atoms with van der Waals surface area (Å²) in [4.78, 5) is 25.4. The van der Waals surface area contributed by atoms with Crippen molar-refractivity contribution < 1.29 is 19.4 Å². The van der Waals surface area contributed by atoms with Crippen molar-refractivity contribution in [1.29, 1.82) is 0 Å². The van der Waals surface area contributed by atoms with Gasteiger partial charge in [0.25, 0.3) is 5.91 Å². The molecule has 9 nitrogen and oxygen atoms in total. The fourth-order valence-corrected chi connectivity index (χ4v) is 4.01. The Morgan fingerprint density at radius 3 is 2.51 bits per heavy atom. The Balaban J connectivity index is 1.88. The van der Waals surface area contributed by atoms with Crippen LogP contribution >= 0.6 is 0 Å². The summed E-state index contributed by atoms with van der Waals surface area (Å²) in [7, 11) is 7.05. The molecule has 0 aliphatic rings. The van der Waals surface area contributed by atoms with E-state index in [1.165, 1.54) is 37.6 Å². The van der Waals surface area contributed by atoms with Gasteiger partial charge in [0.15, 0.2) is 19.3 Å². The van der Waals surface area contributed by atoms with Crippen molar-refractivity contribution in [3.63, 3.8) is 0 Å². The monoisotopic (exact) mass is 468 g/mol. The molecule has 11 heteroatoms. The van der Waals surface area contributed by atoms with Gasteiger partial charge in [-0.25, -0.2) is 14.4 Å². The van der Waals surface area contributed by atoms with E-state index in [1.54, 1.807) is 34.7 Å². The van der Waals surface area contributed by atoms with Crippen LogP contribution in [-0.4, -0.2) is 50.4 Å². The number of nitrogens with two attached hydrogens (primary N) is 1. The van der Waals surface area contributed by atoms with E-state index < -0.39 is 17.4 Å². The number of imidazole rings is 1. The van der Waals surface area contributed by atoms with Crippen molar-refractivity contribution in [3.05, 3.63) is 78.0 Å². The van der Waals surface area contributed by atoms with Crippen LogP contribution in [0.4, 0.5) is 10.2 Å². The number of hydrogen-bond acceptors (Lipinski definition) is 7. The highest BCUT2D eigenvalue weighted by Gasteiger charge is 2.24. The van der Waals surface area contributed by atoms with Crippen LogP contribution in [0.25, 0.3) is 39.1 Å². The first-order valence-electron chi connectivity index (χ1n) is 10.5. The Kier molecular flexibility index (Phi) is 5.23. The third-order valence-corrected chi connectivity index (χ3v) is 5.62. The number of amides is 1. The molecular weight excluding hydrogens is 450 g/mol. The first kappa shape index (κ1) is 22.4. The van der Waals surface area contributed by atoms with Gasteiger partial charge in [0, 0.05) is 41.5 Å². The predicted octanol–water partition coefficient (Wildman–Crippen LogP) is 1.96. The second kappa shape index (κ2) is 8.15. The first-order valence-corrected chi connectivity index (χ1v) is 10.5. The Labute approximate surface area is 199 Å². The molecule has 0 bridgehead atoms. The molecule has 5 N–H and O–H groups in total. The number of carbonyl (C=O) groups excluding carboxylic acids is 1. The van der Waals surface area contributed by atoms with E-state index >= 15 is 0 Å². The minimum absolute atomic E-state index is 0.0454. The van der Waals surface area contributed by atoms with Crippen LogP contribution in [0.1, 0.15) is 16.1 Å². The molecule has 0 unspecified atom stereocenters. The number of fused-ring (bicyclic) bond motifs is 2.